The van der Waals surface area contributed by atoms with E-state index in [1.807, 2.05) is 19.1 Å². The average Bonchev–Trinajstić information content (AvgIpc) is 3.43. The van der Waals surface area contributed by atoms with Crippen molar-refractivity contribution in [3.05, 3.63) is 119 Å². The van der Waals surface area contributed by atoms with Crippen LogP contribution in [0.1, 0.15) is 94.4 Å². The molecule has 0 aromatic heterocycles. The second-order valence-electron chi connectivity index (χ2n) is 19.9. The van der Waals surface area contributed by atoms with E-state index in [2.05, 4.69) is 32.9 Å². The van der Waals surface area contributed by atoms with Gasteiger partial charge in [-0.05, 0) is 90.0 Å². The summed E-state index contributed by atoms with van der Waals surface area (Å²) in [5.41, 5.74) is -0.833. The van der Waals surface area contributed by atoms with Gasteiger partial charge < -0.3 is 54.4 Å². The van der Waals surface area contributed by atoms with E-state index in [1.54, 1.807) is 50.4 Å². The molecule has 23 heteroatoms. The summed E-state index contributed by atoms with van der Waals surface area (Å²) < 4.78 is 157. The van der Waals surface area contributed by atoms with Crippen molar-refractivity contribution in [2.75, 3.05) is 50.4 Å². The highest BCUT2D eigenvalue weighted by Gasteiger charge is 2.50. The first kappa shape index (κ1) is 62.5. The zero-order valence-electron chi connectivity index (χ0n) is 45.0. The van der Waals surface area contributed by atoms with Gasteiger partial charge in [-0.2, -0.15) is 26.3 Å². The molecular weight excluding hydrogens is 1060 g/mol. The Labute approximate surface area is 458 Å². The molecule has 0 saturated carbocycles. The predicted molar refractivity (Wildman–Crippen MR) is 285 cm³/mol. The van der Waals surface area contributed by atoms with Crippen LogP contribution in [0.25, 0.3) is 0 Å². The van der Waals surface area contributed by atoms with Crippen molar-refractivity contribution in [1.29, 1.82) is 0 Å². The van der Waals surface area contributed by atoms with Gasteiger partial charge in [0.2, 0.25) is 10.0 Å². The Balaban J connectivity index is 1.35. The maximum Gasteiger partial charge on any atom is 0.416 e. The predicted octanol–water partition coefficient (Wildman–Crippen LogP) is 11.1. The molecule has 16 nitrogen and oxygen atoms in total. The molecule has 6 rings (SSSR count). The van der Waals surface area contributed by atoms with Crippen molar-refractivity contribution in [3.8, 4) is 11.5 Å². The van der Waals surface area contributed by atoms with Gasteiger partial charge in [0.15, 0.2) is 6.29 Å². The van der Waals surface area contributed by atoms with Gasteiger partial charge in [0.05, 0.1) is 94.5 Å². The molecule has 2 aliphatic rings. The topological polar surface area (TPSA) is 193 Å². The van der Waals surface area contributed by atoms with Crippen molar-refractivity contribution in [2.24, 2.45) is 11.8 Å². The van der Waals surface area contributed by atoms with Crippen molar-refractivity contribution in [2.45, 2.75) is 140 Å². The molecule has 4 aromatic rings. The Morgan fingerprint density at radius 1 is 0.633 bits per heavy atom. The average molecular weight is 1140 g/mol. The summed E-state index contributed by atoms with van der Waals surface area (Å²) in [4.78, 5) is 27.8. The first-order chi connectivity index (χ1) is 37.7. The van der Waals surface area contributed by atoms with E-state index in [4.69, 9.17) is 33.2 Å². The third-order valence-corrected chi connectivity index (χ3v) is 15.5. The van der Waals surface area contributed by atoms with Crippen LogP contribution in [-0.4, -0.2) is 103 Å². The third-order valence-electron chi connectivity index (χ3n) is 14.0. The molecular formula is C56H73F6N5O11S. The van der Waals surface area contributed by atoms with Crippen LogP contribution in [0.5, 0.6) is 11.5 Å². The molecule has 2 fully saturated rings. The zero-order chi connectivity index (χ0) is 57.2. The van der Waals surface area contributed by atoms with Crippen LogP contribution in [0.15, 0.2) is 97.1 Å². The molecule has 2 heterocycles. The summed E-state index contributed by atoms with van der Waals surface area (Å²) in [6.45, 7) is 5.42. The molecule has 0 aliphatic carbocycles. The molecule has 436 valence electrons. The number of methoxy groups -OCH3 is 2. The van der Waals surface area contributed by atoms with Gasteiger partial charge in [0.25, 0.3) is 0 Å². The quantitative estimate of drug-likeness (QED) is 0.0282. The number of nitrogens with one attached hydrogen (secondary N) is 5. The number of urea groups is 2. The number of unbranched alkanes of at least 4 members (excludes halogenated alkanes) is 7. The Bertz CT molecular complexity index is 2630. The van der Waals surface area contributed by atoms with Gasteiger partial charge in [-0.1, -0.05) is 102 Å². The number of carbonyl (C=O) groups excluding carboxylic acids is 2. The standard InChI is InChI=1S/C56H73F6N5O11S/c1-6-7-8-9-10-11-12-13-28-79(70,71)67-50-48(35-75-32-39-22-26-45(73-5)27-23-39)76-33-46(65-53(68)63-42-18-14-16-40(29-42)55(57,58)59)51(50)78-52-49(66-54(69)64-43-19-15-17-41(30-43)56(60,61)62)37(3)36(2)47(77-52)34-74-31-38-20-24-44(72-4)25-21-38/h14-27,29-30,36-37,46-52,67H,6-13,28,31-35H2,1-5H3,(H2,63,65,68)(H2,64,66,69)/t36-,37+,46?,47?,48?,49?,50+,51-,52+/m1/s1. The summed E-state index contributed by atoms with van der Waals surface area (Å²) in [6, 6.07) is 16.6. The first-order valence-corrected chi connectivity index (χ1v) is 28.1. The zero-order valence-corrected chi connectivity index (χ0v) is 45.8. The molecule has 2 aliphatic heterocycles. The molecule has 0 spiro atoms. The molecule has 4 amide bonds. The van der Waals surface area contributed by atoms with E-state index >= 15 is 0 Å². The SMILES string of the molecule is CCCCCCCCCCS(=O)(=O)N[C@H]1C(COCc2ccc(OC)cc2)OCC(NC(=O)Nc2cccc(C(F)(F)F)c2)[C@H]1O[C@@H]1OC(COCc2ccc(OC)cc2)[C@H](C)[C@H](C)C1NC(=O)Nc1cccc(C(F)(F)F)c1. The fraction of sp³-hybridized carbons (Fsp3) is 0.536. The molecule has 0 radical (unpaired) electrons. The van der Waals surface area contributed by atoms with Crippen LogP contribution in [0.2, 0.25) is 0 Å². The highest BCUT2D eigenvalue weighted by molar-refractivity contribution is 7.89. The van der Waals surface area contributed by atoms with Gasteiger partial charge in [0, 0.05) is 11.4 Å². The minimum absolute atomic E-state index is 0.00805. The van der Waals surface area contributed by atoms with Crippen molar-refractivity contribution >= 4 is 33.5 Å². The number of amides is 4. The maximum absolute atomic E-state index is 14.3. The van der Waals surface area contributed by atoms with Gasteiger partial charge in [-0.25, -0.2) is 22.7 Å². The fourth-order valence-corrected chi connectivity index (χ4v) is 10.8. The summed E-state index contributed by atoms with van der Waals surface area (Å²) in [5, 5.41) is 10.4. The van der Waals surface area contributed by atoms with Gasteiger partial charge in [-0.3, -0.25) is 0 Å². The second kappa shape index (κ2) is 29.7. The molecule has 4 unspecified atom stereocenters. The number of hydrogen-bond donors (Lipinski definition) is 5. The van der Waals surface area contributed by atoms with E-state index in [0.29, 0.717) is 24.3 Å². The van der Waals surface area contributed by atoms with E-state index in [9.17, 15) is 44.3 Å². The molecule has 5 N–H and O–H groups in total. The number of carbonyl (C=O) groups is 2. The lowest BCUT2D eigenvalue weighted by atomic mass is 9.82. The van der Waals surface area contributed by atoms with Crippen molar-refractivity contribution in [3.63, 3.8) is 0 Å². The van der Waals surface area contributed by atoms with Gasteiger partial charge in [0.1, 0.15) is 17.6 Å². The smallest absolute Gasteiger partial charge is 0.416 e. The Morgan fingerprint density at radius 2 is 1.13 bits per heavy atom. The number of alkyl halides is 6. The maximum atomic E-state index is 14.3. The normalized spacial score (nSPS) is 22.6. The van der Waals surface area contributed by atoms with E-state index in [1.165, 1.54) is 19.2 Å². The first-order valence-electron chi connectivity index (χ1n) is 26.5. The monoisotopic (exact) mass is 1140 g/mol. The summed E-state index contributed by atoms with van der Waals surface area (Å²) in [5.74, 6) is 0.0295. The lowest BCUT2D eigenvalue weighted by Crippen LogP contribution is -2.69. The van der Waals surface area contributed by atoms with E-state index in [-0.39, 0.29) is 50.2 Å². The van der Waals surface area contributed by atoms with Crippen molar-refractivity contribution < 1.29 is 77.5 Å². The molecule has 79 heavy (non-hydrogen) atoms. The number of rotatable bonds is 27. The van der Waals surface area contributed by atoms with Crippen LogP contribution < -0.4 is 35.5 Å². The van der Waals surface area contributed by atoms with E-state index < -0.39 is 100 Å². The number of sulfonamides is 1. The summed E-state index contributed by atoms with van der Waals surface area (Å²) >= 11 is 0. The van der Waals surface area contributed by atoms with Crippen LogP contribution in [0.4, 0.5) is 47.3 Å². The number of hydrogen-bond acceptors (Lipinski definition) is 11. The van der Waals surface area contributed by atoms with Crippen LogP contribution in [0.3, 0.4) is 0 Å². The highest BCUT2D eigenvalue weighted by atomic mass is 32.2. The van der Waals surface area contributed by atoms with E-state index in [0.717, 1.165) is 86.1 Å². The summed E-state index contributed by atoms with van der Waals surface area (Å²) in [7, 11) is -1.11. The largest absolute Gasteiger partial charge is 0.497 e. The van der Waals surface area contributed by atoms with Gasteiger partial charge >= 0.3 is 24.4 Å². The highest BCUT2D eigenvalue weighted by Crippen LogP contribution is 2.36. The molecule has 2 saturated heterocycles. The molecule has 0 bridgehead atoms. The second-order valence-corrected chi connectivity index (χ2v) is 21.8. The van der Waals surface area contributed by atoms with Gasteiger partial charge in [-0.15, -0.1) is 0 Å². The number of halogens is 6. The van der Waals surface area contributed by atoms with Crippen molar-refractivity contribution in [1.82, 2.24) is 15.4 Å². The van der Waals surface area contributed by atoms with Crippen LogP contribution in [-0.2, 0) is 59.3 Å². The lowest BCUT2D eigenvalue weighted by Gasteiger charge is -2.49. The number of anilines is 2. The Morgan fingerprint density at radius 3 is 1.63 bits per heavy atom. The number of benzene rings is 4. The van der Waals surface area contributed by atoms with Crippen LogP contribution >= 0.6 is 0 Å². The Hall–Kier alpha value is -5.69. The third kappa shape index (κ3) is 19.5. The lowest BCUT2D eigenvalue weighted by molar-refractivity contribution is -0.276. The molecule has 4 aromatic carbocycles. The molecule has 9 atom stereocenters. The minimum Gasteiger partial charge on any atom is -0.497 e. The Kier molecular flexibility index (Phi) is 23.5. The fourth-order valence-electron chi connectivity index (χ4n) is 9.36. The summed E-state index contributed by atoms with van der Waals surface area (Å²) in [6.07, 6.45) is -7.19. The number of ether oxygens (including phenoxy) is 7. The van der Waals surface area contributed by atoms with Crippen LogP contribution in [0, 0.1) is 11.8 Å². The minimum atomic E-state index is -4.73.